The van der Waals surface area contributed by atoms with Gasteiger partial charge in [-0.2, -0.15) is 5.26 Å². The molecular formula is C7H12O5. The molecule has 0 aromatic carbocycles. The smallest absolute Gasteiger partial charge is 0.342 e. The normalized spacial score (nSPS) is 9.17. The highest BCUT2D eigenvalue weighted by Gasteiger charge is 2.07. The Bertz CT molecular complexity index is 154. The summed E-state index contributed by atoms with van der Waals surface area (Å²) in [7, 11) is 0. The summed E-state index contributed by atoms with van der Waals surface area (Å²) in [5, 5.41) is 7.82. The summed E-state index contributed by atoms with van der Waals surface area (Å²) >= 11 is 0. The molecule has 5 heteroatoms. The van der Waals surface area contributed by atoms with Gasteiger partial charge >= 0.3 is 11.9 Å². The lowest BCUT2D eigenvalue weighted by Crippen LogP contribution is -2.09. The lowest BCUT2D eigenvalue weighted by atomic mass is 10.3. The number of carbonyl (C=O) groups is 2. The third-order valence-corrected chi connectivity index (χ3v) is 1.10. The maximum Gasteiger partial charge on any atom is 0.342 e. The van der Waals surface area contributed by atoms with Gasteiger partial charge in [0.1, 0.15) is 0 Å². The molecule has 0 aliphatic carbocycles. The van der Waals surface area contributed by atoms with Crippen LogP contribution in [0.5, 0.6) is 0 Å². The molecule has 1 N–H and O–H groups in total. The van der Waals surface area contributed by atoms with Crippen LogP contribution in [0.25, 0.3) is 0 Å². The maximum absolute atomic E-state index is 10.7. The van der Waals surface area contributed by atoms with Crippen LogP contribution in [0, 0.1) is 0 Å². The molecule has 0 bridgehead atoms. The van der Waals surface area contributed by atoms with Crippen molar-refractivity contribution in [2.45, 2.75) is 26.2 Å². The average Bonchev–Trinajstić information content (AvgIpc) is 2.10. The van der Waals surface area contributed by atoms with E-state index in [0.29, 0.717) is 6.61 Å². The van der Waals surface area contributed by atoms with Crippen molar-refractivity contribution in [3.05, 3.63) is 0 Å². The Balaban J connectivity index is 3.37. The summed E-state index contributed by atoms with van der Waals surface area (Å²) in [5.74, 6) is -1.29. The van der Waals surface area contributed by atoms with Crippen molar-refractivity contribution in [2.24, 2.45) is 0 Å². The second-order valence-corrected chi connectivity index (χ2v) is 2.18. The van der Waals surface area contributed by atoms with Crippen molar-refractivity contribution >= 4 is 11.9 Å². The molecular weight excluding hydrogens is 164 g/mol. The van der Waals surface area contributed by atoms with E-state index in [-0.39, 0.29) is 12.8 Å². The monoisotopic (exact) mass is 176 g/mol. The number of rotatable bonds is 5. The Hall–Kier alpha value is -1.10. The Morgan fingerprint density at radius 2 is 1.83 bits per heavy atom. The number of hydrogen-bond acceptors (Lipinski definition) is 5. The minimum Gasteiger partial charge on any atom is -0.466 e. The Morgan fingerprint density at radius 3 is 2.33 bits per heavy atom. The molecule has 12 heavy (non-hydrogen) atoms. The first-order valence-electron chi connectivity index (χ1n) is 3.70. The molecule has 0 unspecified atom stereocenters. The van der Waals surface area contributed by atoms with E-state index in [4.69, 9.17) is 5.26 Å². The molecule has 0 amide bonds. The molecule has 0 saturated heterocycles. The minimum atomic E-state index is -0.830. The van der Waals surface area contributed by atoms with Gasteiger partial charge in [0, 0.05) is 0 Å². The van der Waals surface area contributed by atoms with Crippen LogP contribution in [0.4, 0.5) is 0 Å². The largest absolute Gasteiger partial charge is 0.466 e. The molecule has 0 heterocycles. The first-order chi connectivity index (χ1) is 5.70. The summed E-state index contributed by atoms with van der Waals surface area (Å²) in [5.41, 5.74) is 0. The van der Waals surface area contributed by atoms with E-state index in [2.05, 4.69) is 9.62 Å². The average molecular weight is 176 g/mol. The van der Waals surface area contributed by atoms with Crippen LogP contribution < -0.4 is 0 Å². The van der Waals surface area contributed by atoms with Gasteiger partial charge in [0.25, 0.3) is 0 Å². The molecule has 0 aliphatic heterocycles. The summed E-state index contributed by atoms with van der Waals surface area (Å²) < 4.78 is 4.66. The van der Waals surface area contributed by atoms with Crippen LogP contribution in [0.15, 0.2) is 0 Å². The zero-order valence-corrected chi connectivity index (χ0v) is 6.91. The van der Waals surface area contributed by atoms with Crippen molar-refractivity contribution < 1.29 is 24.5 Å². The van der Waals surface area contributed by atoms with Crippen LogP contribution in [0.3, 0.4) is 0 Å². The highest BCUT2D eigenvalue weighted by atomic mass is 17.1. The fraction of sp³-hybridized carbons (Fsp3) is 0.714. The van der Waals surface area contributed by atoms with E-state index in [1.54, 1.807) is 0 Å². The predicted molar refractivity (Wildman–Crippen MR) is 39.2 cm³/mol. The highest BCUT2D eigenvalue weighted by molar-refractivity contribution is 5.77. The molecule has 0 aromatic heterocycles. The van der Waals surface area contributed by atoms with E-state index in [9.17, 15) is 9.59 Å². The van der Waals surface area contributed by atoms with Crippen LogP contribution >= 0.6 is 0 Å². The molecule has 5 nitrogen and oxygen atoms in total. The highest BCUT2D eigenvalue weighted by Crippen LogP contribution is 1.95. The van der Waals surface area contributed by atoms with Crippen molar-refractivity contribution in [3.63, 3.8) is 0 Å². The molecule has 0 saturated carbocycles. The van der Waals surface area contributed by atoms with Crippen LogP contribution in [-0.2, 0) is 19.2 Å². The fourth-order valence-corrected chi connectivity index (χ4v) is 0.538. The number of esters is 1. The van der Waals surface area contributed by atoms with Crippen molar-refractivity contribution in [3.8, 4) is 0 Å². The van der Waals surface area contributed by atoms with Gasteiger partial charge in [0.05, 0.1) is 19.4 Å². The van der Waals surface area contributed by atoms with Gasteiger partial charge in [-0.25, -0.2) is 4.79 Å². The molecule has 70 valence electrons. The van der Waals surface area contributed by atoms with Gasteiger partial charge in [-0.05, 0) is 6.42 Å². The lowest BCUT2D eigenvalue weighted by Gasteiger charge is -2.00. The van der Waals surface area contributed by atoms with E-state index < -0.39 is 11.9 Å². The zero-order chi connectivity index (χ0) is 9.40. The molecule has 0 rings (SSSR count). The second kappa shape index (κ2) is 6.60. The minimum absolute atomic E-state index is 0.0562. The standard InChI is InChI=1S/C7H12O5/c1-2-5-11-6(8)3-4-7(9)12-10/h10H,2-5H2,1H3. The Kier molecular flexibility index (Phi) is 6.00. The third kappa shape index (κ3) is 5.67. The van der Waals surface area contributed by atoms with Gasteiger partial charge < -0.3 is 9.62 Å². The Labute approximate surface area is 70.2 Å². The van der Waals surface area contributed by atoms with Crippen LogP contribution in [-0.4, -0.2) is 23.8 Å². The first-order valence-corrected chi connectivity index (χ1v) is 3.70. The Morgan fingerprint density at radius 1 is 1.25 bits per heavy atom. The summed E-state index contributed by atoms with van der Waals surface area (Å²) in [6.45, 7) is 2.22. The van der Waals surface area contributed by atoms with Gasteiger partial charge in [-0.1, -0.05) is 6.92 Å². The van der Waals surface area contributed by atoms with E-state index in [0.717, 1.165) is 6.42 Å². The van der Waals surface area contributed by atoms with Crippen molar-refractivity contribution in [2.75, 3.05) is 6.61 Å². The summed E-state index contributed by atoms with van der Waals surface area (Å²) in [4.78, 5) is 24.4. The molecule has 0 fully saturated rings. The van der Waals surface area contributed by atoms with E-state index >= 15 is 0 Å². The van der Waals surface area contributed by atoms with Gasteiger partial charge in [-0.3, -0.25) is 4.79 Å². The van der Waals surface area contributed by atoms with Crippen molar-refractivity contribution in [1.29, 1.82) is 0 Å². The summed E-state index contributed by atoms with van der Waals surface area (Å²) in [6, 6.07) is 0. The summed E-state index contributed by atoms with van der Waals surface area (Å²) in [6.07, 6.45) is 0.536. The van der Waals surface area contributed by atoms with E-state index in [1.807, 2.05) is 6.92 Å². The molecule has 0 aliphatic rings. The van der Waals surface area contributed by atoms with E-state index in [1.165, 1.54) is 0 Å². The number of carbonyl (C=O) groups excluding carboxylic acids is 2. The topological polar surface area (TPSA) is 72.8 Å². The molecule has 0 spiro atoms. The molecule has 0 aromatic rings. The van der Waals surface area contributed by atoms with Crippen molar-refractivity contribution in [1.82, 2.24) is 0 Å². The first kappa shape index (κ1) is 10.9. The predicted octanol–water partition coefficient (Wildman–Crippen LogP) is 0.736. The van der Waals surface area contributed by atoms with Crippen LogP contribution in [0.2, 0.25) is 0 Å². The second-order valence-electron chi connectivity index (χ2n) is 2.18. The third-order valence-electron chi connectivity index (χ3n) is 1.10. The lowest BCUT2D eigenvalue weighted by molar-refractivity contribution is -0.234. The zero-order valence-electron chi connectivity index (χ0n) is 6.91. The SMILES string of the molecule is CCCOC(=O)CCC(=O)OO. The van der Waals surface area contributed by atoms with Crippen LogP contribution in [0.1, 0.15) is 26.2 Å². The fourth-order valence-electron chi connectivity index (χ4n) is 0.538. The van der Waals surface area contributed by atoms with Gasteiger partial charge in [0.2, 0.25) is 0 Å². The number of ether oxygens (including phenoxy) is 1. The molecule has 0 radical (unpaired) electrons. The maximum atomic E-state index is 10.7. The van der Waals surface area contributed by atoms with Gasteiger partial charge in [-0.15, -0.1) is 0 Å². The quantitative estimate of drug-likeness (QED) is 0.380. The number of hydrogen-bond donors (Lipinski definition) is 1. The molecule has 0 atom stereocenters. The van der Waals surface area contributed by atoms with Gasteiger partial charge in [0.15, 0.2) is 0 Å².